The van der Waals surface area contributed by atoms with Crippen LogP contribution in [0.1, 0.15) is 19.8 Å². The van der Waals surface area contributed by atoms with Crippen molar-refractivity contribution in [2.24, 2.45) is 5.41 Å². The maximum atomic E-state index is 12.5. The number of ether oxygens (including phenoxy) is 1. The molecule has 2 N–H and O–H groups in total. The number of hydrogen-bond donors (Lipinski definition) is 2. The van der Waals surface area contributed by atoms with Gasteiger partial charge in [0.05, 0.1) is 6.61 Å². The number of hydrogen-bond acceptors (Lipinski definition) is 3. The fourth-order valence-electron chi connectivity index (χ4n) is 2.51. The highest BCUT2D eigenvalue weighted by atomic mass is 16.5. The van der Waals surface area contributed by atoms with E-state index >= 15 is 0 Å². The molecule has 1 aliphatic rings. The summed E-state index contributed by atoms with van der Waals surface area (Å²) in [7, 11) is 0. The van der Waals surface area contributed by atoms with Gasteiger partial charge >= 0.3 is 0 Å². The summed E-state index contributed by atoms with van der Waals surface area (Å²) in [6, 6.07) is 16.3. The summed E-state index contributed by atoms with van der Waals surface area (Å²) >= 11 is 0. The molecule has 0 spiro atoms. The van der Waals surface area contributed by atoms with Gasteiger partial charge in [-0.3, -0.25) is 9.59 Å². The van der Waals surface area contributed by atoms with Crippen molar-refractivity contribution in [3.8, 4) is 5.75 Å². The molecule has 1 aliphatic carbocycles. The Bertz CT molecular complexity index is 722. The molecule has 1 fully saturated rings. The number of carbonyl (C=O) groups is 2. The zero-order valence-corrected chi connectivity index (χ0v) is 13.5. The van der Waals surface area contributed by atoms with Crippen LogP contribution in [0.2, 0.25) is 0 Å². The van der Waals surface area contributed by atoms with Gasteiger partial charge in [0, 0.05) is 11.4 Å². The van der Waals surface area contributed by atoms with Crippen LogP contribution in [0, 0.1) is 5.41 Å². The lowest BCUT2D eigenvalue weighted by atomic mass is 10.0. The molecule has 0 aromatic heterocycles. The summed E-state index contributed by atoms with van der Waals surface area (Å²) in [4.78, 5) is 25.0. The Hall–Kier alpha value is -2.82. The molecule has 124 valence electrons. The molecule has 2 aromatic carbocycles. The topological polar surface area (TPSA) is 67.4 Å². The molecule has 0 saturated heterocycles. The molecule has 3 rings (SSSR count). The van der Waals surface area contributed by atoms with Crippen molar-refractivity contribution in [3.63, 3.8) is 0 Å². The molecule has 0 unspecified atom stereocenters. The Labute approximate surface area is 141 Å². The SMILES string of the molecule is CCOc1ccc(NC(=O)C2(C(=O)Nc3ccccc3)CC2)cc1. The maximum Gasteiger partial charge on any atom is 0.240 e. The molecule has 0 radical (unpaired) electrons. The van der Waals surface area contributed by atoms with E-state index in [0.717, 1.165) is 5.75 Å². The molecule has 5 nitrogen and oxygen atoms in total. The first-order valence-corrected chi connectivity index (χ1v) is 8.05. The summed E-state index contributed by atoms with van der Waals surface area (Å²) in [5, 5.41) is 5.64. The Kier molecular flexibility index (Phi) is 4.51. The van der Waals surface area contributed by atoms with Gasteiger partial charge in [-0.25, -0.2) is 0 Å². The highest BCUT2D eigenvalue weighted by Gasteiger charge is 2.56. The normalized spacial score (nSPS) is 14.5. The van der Waals surface area contributed by atoms with Crippen LogP contribution >= 0.6 is 0 Å². The fourth-order valence-corrected chi connectivity index (χ4v) is 2.51. The lowest BCUT2D eigenvalue weighted by Gasteiger charge is -2.15. The standard InChI is InChI=1S/C19H20N2O3/c1-2-24-16-10-8-15(9-11-16)21-18(23)19(12-13-19)17(22)20-14-6-4-3-5-7-14/h3-11H,2,12-13H2,1H3,(H,20,22)(H,21,23). The minimum atomic E-state index is -0.964. The van der Waals surface area contributed by atoms with E-state index in [9.17, 15) is 9.59 Å². The average molecular weight is 324 g/mol. The van der Waals surface area contributed by atoms with E-state index in [-0.39, 0.29) is 11.8 Å². The molecule has 0 atom stereocenters. The first-order valence-electron chi connectivity index (χ1n) is 8.05. The molecule has 1 saturated carbocycles. The van der Waals surface area contributed by atoms with Crippen molar-refractivity contribution < 1.29 is 14.3 Å². The molecule has 0 bridgehead atoms. The molecule has 24 heavy (non-hydrogen) atoms. The monoisotopic (exact) mass is 324 g/mol. The van der Waals surface area contributed by atoms with Crippen LogP contribution in [-0.2, 0) is 9.59 Å². The van der Waals surface area contributed by atoms with E-state index in [1.165, 1.54) is 0 Å². The average Bonchev–Trinajstić information content (AvgIpc) is 3.40. The van der Waals surface area contributed by atoms with Crippen molar-refractivity contribution in [2.45, 2.75) is 19.8 Å². The number of rotatable bonds is 6. The third-order valence-electron chi connectivity index (χ3n) is 4.07. The summed E-state index contributed by atoms with van der Waals surface area (Å²) in [5.74, 6) is 0.232. The van der Waals surface area contributed by atoms with Gasteiger partial charge in [-0.1, -0.05) is 18.2 Å². The van der Waals surface area contributed by atoms with Gasteiger partial charge in [0.25, 0.3) is 0 Å². The Morgan fingerprint density at radius 1 is 0.917 bits per heavy atom. The summed E-state index contributed by atoms with van der Waals surface area (Å²) in [6.45, 7) is 2.51. The summed E-state index contributed by atoms with van der Waals surface area (Å²) < 4.78 is 5.37. The van der Waals surface area contributed by atoms with Gasteiger partial charge in [0.15, 0.2) is 0 Å². The predicted molar refractivity (Wildman–Crippen MR) is 93.0 cm³/mol. The van der Waals surface area contributed by atoms with Gasteiger partial charge in [-0.05, 0) is 56.2 Å². The molecular weight excluding hydrogens is 304 g/mol. The highest BCUT2D eigenvalue weighted by molar-refractivity contribution is 6.16. The number of benzene rings is 2. The fraction of sp³-hybridized carbons (Fsp3) is 0.263. The molecule has 2 aromatic rings. The smallest absolute Gasteiger partial charge is 0.240 e. The van der Waals surface area contributed by atoms with E-state index in [1.807, 2.05) is 25.1 Å². The molecule has 5 heteroatoms. The van der Waals surface area contributed by atoms with Gasteiger partial charge in [-0.2, -0.15) is 0 Å². The van der Waals surface area contributed by atoms with Crippen LogP contribution in [0.5, 0.6) is 5.75 Å². The van der Waals surface area contributed by atoms with E-state index in [1.54, 1.807) is 36.4 Å². The van der Waals surface area contributed by atoms with Crippen molar-refractivity contribution in [2.75, 3.05) is 17.2 Å². The maximum absolute atomic E-state index is 12.5. The second-order valence-corrected chi connectivity index (χ2v) is 5.81. The van der Waals surface area contributed by atoms with Crippen LogP contribution in [0.25, 0.3) is 0 Å². The summed E-state index contributed by atoms with van der Waals surface area (Å²) in [6.07, 6.45) is 1.13. The Balaban J connectivity index is 1.64. The van der Waals surface area contributed by atoms with E-state index in [2.05, 4.69) is 10.6 Å². The molecule has 0 heterocycles. The summed E-state index contributed by atoms with van der Waals surface area (Å²) in [5.41, 5.74) is 0.388. The van der Waals surface area contributed by atoms with Gasteiger partial charge in [0.2, 0.25) is 11.8 Å². The second-order valence-electron chi connectivity index (χ2n) is 5.81. The first kappa shape index (κ1) is 16.1. The molecular formula is C19H20N2O3. The van der Waals surface area contributed by atoms with Crippen LogP contribution in [0.3, 0.4) is 0 Å². The van der Waals surface area contributed by atoms with Gasteiger partial charge < -0.3 is 15.4 Å². The predicted octanol–water partition coefficient (Wildman–Crippen LogP) is 3.44. The van der Waals surface area contributed by atoms with Gasteiger partial charge in [-0.15, -0.1) is 0 Å². The number of nitrogens with one attached hydrogen (secondary N) is 2. The minimum absolute atomic E-state index is 0.253. The lowest BCUT2D eigenvalue weighted by molar-refractivity contribution is -0.131. The lowest BCUT2D eigenvalue weighted by Crippen LogP contribution is -2.35. The van der Waals surface area contributed by atoms with Gasteiger partial charge in [0.1, 0.15) is 11.2 Å². The quantitative estimate of drug-likeness (QED) is 0.800. The zero-order valence-electron chi connectivity index (χ0n) is 13.5. The molecule has 2 amide bonds. The molecule has 0 aliphatic heterocycles. The highest BCUT2D eigenvalue weighted by Crippen LogP contribution is 2.47. The van der Waals surface area contributed by atoms with Crippen LogP contribution in [0.4, 0.5) is 11.4 Å². The Morgan fingerprint density at radius 3 is 1.96 bits per heavy atom. The van der Waals surface area contributed by atoms with Crippen molar-refractivity contribution >= 4 is 23.2 Å². The first-order chi connectivity index (χ1) is 11.6. The van der Waals surface area contributed by atoms with Crippen LogP contribution in [-0.4, -0.2) is 18.4 Å². The number of amides is 2. The van der Waals surface area contributed by atoms with Crippen molar-refractivity contribution in [3.05, 3.63) is 54.6 Å². The largest absolute Gasteiger partial charge is 0.494 e. The Morgan fingerprint density at radius 2 is 1.46 bits per heavy atom. The third-order valence-corrected chi connectivity index (χ3v) is 4.07. The minimum Gasteiger partial charge on any atom is -0.494 e. The second kappa shape index (κ2) is 6.74. The van der Waals surface area contributed by atoms with Crippen LogP contribution in [0.15, 0.2) is 54.6 Å². The van der Waals surface area contributed by atoms with E-state index < -0.39 is 5.41 Å². The van der Waals surface area contributed by atoms with Crippen molar-refractivity contribution in [1.82, 2.24) is 0 Å². The zero-order chi connectivity index (χ0) is 17.0. The van der Waals surface area contributed by atoms with E-state index in [0.29, 0.717) is 30.8 Å². The van der Waals surface area contributed by atoms with Crippen LogP contribution < -0.4 is 15.4 Å². The van der Waals surface area contributed by atoms with E-state index in [4.69, 9.17) is 4.74 Å². The number of anilines is 2. The van der Waals surface area contributed by atoms with Crippen molar-refractivity contribution in [1.29, 1.82) is 0 Å². The number of carbonyl (C=O) groups excluding carboxylic acids is 2. The third kappa shape index (κ3) is 3.40. The number of para-hydroxylation sites is 1.